The summed E-state index contributed by atoms with van der Waals surface area (Å²) < 4.78 is 0. The van der Waals surface area contributed by atoms with Crippen LogP contribution in [0.2, 0.25) is 10.0 Å². The number of halogens is 4. The normalized spacial score (nSPS) is 25.0. The molecule has 1 aliphatic heterocycles. The Hall–Kier alpha value is -0.950. The van der Waals surface area contributed by atoms with Gasteiger partial charge in [-0.05, 0) is 61.9 Å². The van der Waals surface area contributed by atoms with Crippen LogP contribution in [0.4, 0.5) is 10.5 Å². The van der Waals surface area contributed by atoms with Gasteiger partial charge in [-0.2, -0.15) is 0 Å². The Bertz CT molecular complexity index is 840. The Morgan fingerprint density at radius 3 is 2.48 bits per heavy atom. The summed E-state index contributed by atoms with van der Waals surface area (Å²) in [7, 11) is 0. The summed E-state index contributed by atoms with van der Waals surface area (Å²) in [5.74, 6) is 0.583. The van der Waals surface area contributed by atoms with Gasteiger partial charge in [-0.25, -0.2) is 4.79 Å². The smallest absolute Gasteiger partial charge is 0.319 e. The summed E-state index contributed by atoms with van der Waals surface area (Å²) in [6.07, 6.45) is 5.95. The van der Waals surface area contributed by atoms with Gasteiger partial charge in [0.05, 0.1) is 10.1 Å². The highest BCUT2D eigenvalue weighted by Crippen LogP contribution is 2.37. The highest BCUT2D eigenvalue weighted by molar-refractivity contribution is 6.44. The molecular weight excluding hydrogens is 478 g/mol. The Kier molecular flexibility index (Phi) is 8.97. The van der Waals surface area contributed by atoms with E-state index < -0.39 is 0 Å². The van der Waals surface area contributed by atoms with Gasteiger partial charge in [-0.3, -0.25) is 0 Å². The molecule has 3 rings (SSSR count). The lowest BCUT2D eigenvalue weighted by Crippen LogP contribution is -2.38. The van der Waals surface area contributed by atoms with Crippen molar-refractivity contribution in [3.63, 3.8) is 0 Å². The molecule has 1 fully saturated rings. The highest BCUT2D eigenvalue weighted by atomic mass is 35.5. The molecule has 0 radical (unpaired) electrons. The van der Waals surface area contributed by atoms with Crippen LogP contribution in [-0.2, 0) is 0 Å². The first-order valence-corrected chi connectivity index (χ1v) is 12.0. The third-order valence-corrected chi connectivity index (χ3v) is 7.09. The number of hydrogen-bond donors (Lipinski definition) is 3. The molecule has 0 bridgehead atoms. The molecule has 1 aliphatic carbocycles. The van der Waals surface area contributed by atoms with Crippen molar-refractivity contribution in [1.82, 2.24) is 10.2 Å². The molecule has 1 aromatic carbocycles. The molecule has 0 spiro atoms. The van der Waals surface area contributed by atoms with Crippen LogP contribution in [0.3, 0.4) is 0 Å². The Morgan fingerprint density at radius 1 is 1.16 bits per heavy atom. The molecule has 4 unspecified atom stereocenters. The van der Waals surface area contributed by atoms with Crippen molar-refractivity contribution in [2.45, 2.75) is 25.8 Å². The first-order chi connectivity index (χ1) is 14.7. The number of nitrogens with two attached hydrogens (primary N) is 1. The van der Waals surface area contributed by atoms with Crippen LogP contribution < -0.4 is 16.4 Å². The zero-order chi connectivity index (χ0) is 22.5. The lowest BCUT2D eigenvalue weighted by atomic mass is 9.78. The van der Waals surface area contributed by atoms with E-state index in [1.807, 2.05) is 12.2 Å². The molecule has 1 saturated heterocycles. The molecule has 4 atom stereocenters. The third kappa shape index (κ3) is 7.28. The van der Waals surface area contributed by atoms with Crippen LogP contribution in [0.25, 0.3) is 0 Å². The molecule has 4 N–H and O–H groups in total. The number of anilines is 1. The van der Waals surface area contributed by atoms with Crippen LogP contribution in [-0.4, -0.2) is 43.2 Å². The van der Waals surface area contributed by atoms with E-state index in [4.69, 9.17) is 52.1 Å². The van der Waals surface area contributed by atoms with Crippen LogP contribution in [0.1, 0.15) is 19.8 Å². The van der Waals surface area contributed by atoms with Gasteiger partial charge in [0, 0.05) is 34.9 Å². The minimum Gasteiger partial charge on any atom is -0.338 e. The molecule has 0 saturated carbocycles. The lowest BCUT2D eigenvalue weighted by molar-refractivity contribution is 0.232. The van der Waals surface area contributed by atoms with Gasteiger partial charge < -0.3 is 21.3 Å². The van der Waals surface area contributed by atoms with Gasteiger partial charge in [-0.15, -0.1) is 0 Å². The van der Waals surface area contributed by atoms with E-state index in [1.54, 1.807) is 18.2 Å². The highest BCUT2D eigenvalue weighted by Gasteiger charge is 2.29. The average molecular weight is 506 g/mol. The number of urea groups is 1. The lowest BCUT2D eigenvalue weighted by Gasteiger charge is -2.32. The monoisotopic (exact) mass is 504 g/mol. The van der Waals surface area contributed by atoms with Crippen molar-refractivity contribution in [1.29, 1.82) is 0 Å². The number of carbonyl (C=O) groups excluding carboxylic acids is 1. The molecule has 5 nitrogen and oxygen atoms in total. The number of benzene rings is 1. The van der Waals surface area contributed by atoms with Gasteiger partial charge in [-0.1, -0.05) is 65.5 Å². The zero-order valence-corrected chi connectivity index (χ0v) is 20.4. The van der Waals surface area contributed by atoms with Crippen molar-refractivity contribution < 1.29 is 4.79 Å². The molecule has 2 aliphatic rings. The molecule has 2 amide bonds. The predicted molar refractivity (Wildman–Crippen MR) is 131 cm³/mol. The van der Waals surface area contributed by atoms with E-state index in [0.717, 1.165) is 32.5 Å². The fourth-order valence-corrected chi connectivity index (χ4v) is 5.25. The quantitative estimate of drug-likeness (QED) is 0.447. The van der Waals surface area contributed by atoms with E-state index in [0.29, 0.717) is 32.3 Å². The second-order valence-corrected chi connectivity index (χ2v) is 10.0. The fraction of sp³-hybridized carbons (Fsp3) is 0.500. The zero-order valence-electron chi connectivity index (χ0n) is 17.4. The number of rotatable bonds is 7. The van der Waals surface area contributed by atoms with Crippen molar-refractivity contribution in [3.8, 4) is 0 Å². The van der Waals surface area contributed by atoms with Crippen molar-refractivity contribution >= 4 is 58.1 Å². The van der Waals surface area contributed by atoms with Gasteiger partial charge in [0.25, 0.3) is 0 Å². The maximum atomic E-state index is 12.5. The number of likely N-dealkylation sites (tertiary alicyclic amines) is 1. The minimum atomic E-state index is -0.307. The Labute approximate surface area is 203 Å². The maximum Gasteiger partial charge on any atom is 0.319 e. The number of hydrogen-bond acceptors (Lipinski definition) is 3. The van der Waals surface area contributed by atoms with E-state index in [9.17, 15) is 4.79 Å². The second kappa shape index (κ2) is 11.3. The van der Waals surface area contributed by atoms with Crippen LogP contribution in [0.15, 0.2) is 40.4 Å². The van der Waals surface area contributed by atoms with Crippen molar-refractivity contribution in [2.75, 3.05) is 31.5 Å². The van der Waals surface area contributed by atoms with E-state index in [1.165, 1.54) is 0 Å². The minimum absolute atomic E-state index is 0.173. The van der Waals surface area contributed by atoms with E-state index in [2.05, 4.69) is 22.5 Å². The fourth-order valence-electron chi connectivity index (χ4n) is 4.26. The summed E-state index contributed by atoms with van der Waals surface area (Å²) in [5.41, 5.74) is 6.59. The maximum absolute atomic E-state index is 12.5. The number of amides is 2. The first kappa shape index (κ1) is 24.7. The molecule has 9 heteroatoms. The molecule has 31 heavy (non-hydrogen) atoms. The largest absolute Gasteiger partial charge is 0.338 e. The summed E-state index contributed by atoms with van der Waals surface area (Å²) in [6, 6.07) is 4.86. The SMILES string of the molecule is CC1C=C(Cl)C(Cl)=CC1C(CCN1CCC(N)C1)CNC(=O)Nc1cc(Cl)cc(Cl)c1. The predicted octanol–water partition coefficient (Wildman–Crippen LogP) is 5.67. The standard InChI is InChI=1S/C22H28Cl4N4O/c1-13-6-20(25)21(26)10-19(13)14(2-4-30-5-3-17(27)12-30)11-28-22(31)29-18-8-15(23)7-16(24)9-18/h6-10,13-14,17,19H,2-5,11-12,27H2,1H3,(H2,28,29,31). The number of carbonyl (C=O) groups is 1. The van der Waals surface area contributed by atoms with Crippen LogP contribution in [0.5, 0.6) is 0 Å². The van der Waals surface area contributed by atoms with Gasteiger partial charge in [0.2, 0.25) is 0 Å². The molecular formula is C22H28Cl4N4O. The summed E-state index contributed by atoms with van der Waals surface area (Å²) in [5, 5.41) is 7.86. The number of nitrogens with zero attached hydrogens (tertiary/aromatic N) is 1. The van der Waals surface area contributed by atoms with E-state index >= 15 is 0 Å². The second-order valence-electron chi connectivity index (χ2n) is 8.36. The first-order valence-electron chi connectivity index (χ1n) is 10.4. The summed E-state index contributed by atoms with van der Waals surface area (Å²) >= 11 is 24.6. The summed E-state index contributed by atoms with van der Waals surface area (Å²) in [4.78, 5) is 14.9. The molecule has 1 heterocycles. The molecule has 170 valence electrons. The van der Waals surface area contributed by atoms with Crippen molar-refractivity contribution in [2.24, 2.45) is 23.5 Å². The number of nitrogens with one attached hydrogen (secondary N) is 2. The molecule has 1 aromatic rings. The Balaban J connectivity index is 1.63. The van der Waals surface area contributed by atoms with Crippen LogP contribution >= 0.6 is 46.4 Å². The van der Waals surface area contributed by atoms with E-state index in [-0.39, 0.29) is 29.8 Å². The van der Waals surface area contributed by atoms with Gasteiger partial charge in [0.15, 0.2) is 0 Å². The topological polar surface area (TPSA) is 70.4 Å². The van der Waals surface area contributed by atoms with Crippen LogP contribution in [0, 0.1) is 17.8 Å². The average Bonchev–Trinajstić information content (AvgIpc) is 3.09. The Morgan fingerprint density at radius 2 is 1.84 bits per heavy atom. The van der Waals surface area contributed by atoms with Gasteiger partial charge >= 0.3 is 6.03 Å². The number of allylic oxidation sites excluding steroid dienone is 4. The van der Waals surface area contributed by atoms with Gasteiger partial charge in [0.1, 0.15) is 0 Å². The summed E-state index contributed by atoms with van der Waals surface area (Å²) in [6.45, 7) is 5.48. The third-order valence-electron chi connectivity index (χ3n) is 5.90. The van der Waals surface area contributed by atoms with Crippen molar-refractivity contribution in [3.05, 3.63) is 50.5 Å². The molecule has 0 aromatic heterocycles.